The van der Waals surface area contributed by atoms with Crippen molar-refractivity contribution in [2.45, 2.75) is 44.2 Å². The quantitative estimate of drug-likeness (QED) is 0.798. The van der Waals surface area contributed by atoms with Crippen LogP contribution in [0.15, 0.2) is 72.8 Å². The van der Waals surface area contributed by atoms with E-state index < -0.39 is 5.60 Å². The van der Waals surface area contributed by atoms with E-state index in [0.29, 0.717) is 0 Å². The number of aliphatic hydroxyl groups is 1. The first-order chi connectivity index (χ1) is 12.0. The molecule has 1 fully saturated rings. The maximum atomic E-state index is 11.6. The Morgan fingerprint density at radius 3 is 1.72 bits per heavy atom. The Bertz CT molecular complexity index is 645. The van der Waals surface area contributed by atoms with Crippen LogP contribution in [0.4, 0.5) is 0 Å². The summed E-state index contributed by atoms with van der Waals surface area (Å²) in [5.41, 5.74) is 0.604. The first-order valence-corrected chi connectivity index (χ1v) is 9.31. The van der Waals surface area contributed by atoms with E-state index >= 15 is 0 Å². The largest absolute Gasteiger partial charge is 0.377 e. The van der Waals surface area contributed by atoms with Crippen LogP contribution < -0.4 is 0 Å². The van der Waals surface area contributed by atoms with Gasteiger partial charge in [-0.15, -0.1) is 0 Å². The van der Waals surface area contributed by atoms with Crippen LogP contribution in [-0.2, 0) is 5.60 Å². The second kappa shape index (κ2) is 7.55. The fourth-order valence-electron chi connectivity index (χ4n) is 3.64. The van der Waals surface area contributed by atoms with Crippen LogP contribution >= 0.6 is 0 Å². The average molecular weight is 335 g/mol. The summed E-state index contributed by atoms with van der Waals surface area (Å²) < 4.78 is 0. The predicted octanol–water partition coefficient (Wildman–Crippen LogP) is 4.74. The molecule has 2 aromatic carbocycles. The molecular formula is C23H29NO. The van der Waals surface area contributed by atoms with Crippen molar-refractivity contribution in [1.82, 2.24) is 4.90 Å². The normalized spacial score (nSPS) is 17.1. The number of rotatable bonds is 5. The van der Waals surface area contributed by atoms with Crippen LogP contribution in [0.25, 0.3) is 0 Å². The number of benzene rings is 2. The van der Waals surface area contributed by atoms with Crippen LogP contribution in [0.3, 0.4) is 0 Å². The third-order valence-electron chi connectivity index (χ3n) is 5.33. The van der Waals surface area contributed by atoms with Crippen molar-refractivity contribution >= 4 is 0 Å². The summed E-state index contributed by atoms with van der Waals surface area (Å²) >= 11 is 0. The second-order valence-corrected chi connectivity index (χ2v) is 7.53. The molecule has 0 saturated carbocycles. The van der Waals surface area contributed by atoms with Crippen molar-refractivity contribution in [1.29, 1.82) is 0 Å². The zero-order chi connectivity index (χ0) is 17.8. The molecule has 1 aliphatic rings. The van der Waals surface area contributed by atoms with Crippen LogP contribution in [0.5, 0.6) is 0 Å². The highest BCUT2D eigenvalue weighted by atomic mass is 16.3. The molecule has 2 aromatic rings. The van der Waals surface area contributed by atoms with Gasteiger partial charge >= 0.3 is 0 Å². The number of hydrogen-bond acceptors (Lipinski definition) is 2. The van der Waals surface area contributed by atoms with E-state index in [-0.39, 0.29) is 5.54 Å². The molecule has 1 N–H and O–H groups in total. The molecule has 132 valence electrons. The third-order valence-corrected chi connectivity index (χ3v) is 5.33. The van der Waals surface area contributed by atoms with Crippen molar-refractivity contribution in [2.24, 2.45) is 0 Å². The molecule has 0 atom stereocenters. The first-order valence-electron chi connectivity index (χ1n) is 9.31. The fourth-order valence-corrected chi connectivity index (χ4v) is 3.64. The van der Waals surface area contributed by atoms with Crippen LogP contribution in [-0.4, -0.2) is 28.6 Å². The van der Waals surface area contributed by atoms with Gasteiger partial charge in [0.1, 0.15) is 5.60 Å². The predicted molar refractivity (Wildman–Crippen MR) is 105 cm³/mol. The van der Waals surface area contributed by atoms with E-state index in [1.54, 1.807) is 0 Å². The second-order valence-electron chi connectivity index (χ2n) is 7.53. The van der Waals surface area contributed by atoms with Crippen molar-refractivity contribution < 1.29 is 5.11 Å². The average Bonchev–Trinajstić information content (AvgIpc) is 2.68. The lowest BCUT2D eigenvalue weighted by Gasteiger charge is -2.40. The number of nitrogens with zero attached hydrogens (tertiary/aromatic N) is 1. The standard InChI is InChI=1S/C23H29NO/c1-22(2,24-18-10-5-11-19-24)16-17-23(25,20-12-6-3-7-13-20)21-14-8-4-9-15-21/h3-4,6-9,12-17,25H,5,10-11,18-19H2,1-2H3/b17-16+. The van der Waals surface area contributed by atoms with E-state index in [2.05, 4.69) is 24.8 Å². The molecule has 2 nitrogen and oxygen atoms in total. The van der Waals surface area contributed by atoms with Gasteiger partial charge in [-0.3, -0.25) is 4.90 Å². The van der Waals surface area contributed by atoms with E-state index in [1.807, 2.05) is 66.7 Å². The van der Waals surface area contributed by atoms with E-state index in [9.17, 15) is 5.11 Å². The Kier molecular flexibility index (Phi) is 5.41. The van der Waals surface area contributed by atoms with Crippen LogP contribution in [0, 0.1) is 0 Å². The van der Waals surface area contributed by atoms with Crippen molar-refractivity contribution in [3.63, 3.8) is 0 Å². The number of likely N-dealkylation sites (tertiary alicyclic amines) is 1. The Labute approximate surface area is 151 Å². The molecule has 25 heavy (non-hydrogen) atoms. The molecule has 0 bridgehead atoms. The Morgan fingerprint density at radius 2 is 1.24 bits per heavy atom. The minimum absolute atomic E-state index is 0.0715. The summed E-state index contributed by atoms with van der Waals surface area (Å²) in [4.78, 5) is 2.52. The van der Waals surface area contributed by atoms with Gasteiger partial charge in [0.15, 0.2) is 0 Å². The number of hydrogen-bond donors (Lipinski definition) is 1. The van der Waals surface area contributed by atoms with E-state index in [1.165, 1.54) is 19.3 Å². The van der Waals surface area contributed by atoms with Gasteiger partial charge in [0.05, 0.1) is 0 Å². The summed E-state index contributed by atoms with van der Waals surface area (Å²) in [6.07, 6.45) is 8.01. The lowest BCUT2D eigenvalue weighted by Crippen LogP contribution is -2.45. The first kappa shape index (κ1) is 17.9. The molecule has 1 saturated heterocycles. The maximum Gasteiger partial charge on any atom is 0.133 e. The molecular weight excluding hydrogens is 306 g/mol. The maximum absolute atomic E-state index is 11.6. The monoisotopic (exact) mass is 335 g/mol. The molecule has 0 radical (unpaired) electrons. The third kappa shape index (κ3) is 4.02. The molecule has 1 aliphatic heterocycles. The van der Waals surface area contributed by atoms with Crippen molar-refractivity contribution in [2.75, 3.05) is 13.1 Å². The highest BCUT2D eigenvalue weighted by Crippen LogP contribution is 2.33. The van der Waals surface area contributed by atoms with Gasteiger partial charge in [0.25, 0.3) is 0 Å². The highest BCUT2D eigenvalue weighted by molar-refractivity contribution is 5.41. The van der Waals surface area contributed by atoms with E-state index in [0.717, 1.165) is 24.2 Å². The van der Waals surface area contributed by atoms with Gasteiger partial charge < -0.3 is 5.11 Å². The number of piperidine rings is 1. The Balaban J connectivity index is 1.95. The molecule has 0 aromatic heterocycles. The highest BCUT2D eigenvalue weighted by Gasteiger charge is 2.31. The van der Waals surface area contributed by atoms with Gasteiger partial charge in [-0.1, -0.05) is 73.2 Å². The fraction of sp³-hybridized carbons (Fsp3) is 0.391. The lowest BCUT2D eigenvalue weighted by atomic mass is 9.84. The van der Waals surface area contributed by atoms with Gasteiger partial charge in [-0.25, -0.2) is 0 Å². The Hall–Kier alpha value is -1.90. The van der Waals surface area contributed by atoms with Gasteiger partial charge in [0, 0.05) is 5.54 Å². The molecule has 2 heteroatoms. The zero-order valence-electron chi connectivity index (χ0n) is 15.4. The van der Waals surface area contributed by atoms with Crippen LogP contribution in [0.1, 0.15) is 44.2 Å². The smallest absolute Gasteiger partial charge is 0.133 e. The summed E-state index contributed by atoms with van der Waals surface area (Å²) in [7, 11) is 0. The summed E-state index contributed by atoms with van der Waals surface area (Å²) in [5.74, 6) is 0. The molecule has 0 unspecified atom stereocenters. The minimum Gasteiger partial charge on any atom is -0.377 e. The molecule has 0 amide bonds. The topological polar surface area (TPSA) is 23.5 Å². The summed E-state index contributed by atoms with van der Waals surface area (Å²) in [6.45, 7) is 6.75. The molecule has 0 aliphatic carbocycles. The Morgan fingerprint density at radius 1 is 0.760 bits per heavy atom. The summed E-state index contributed by atoms with van der Waals surface area (Å²) in [5, 5.41) is 11.6. The van der Waals surface area contributed by atoms with E-state index in [4.69, 9.17) is 0 Å². The minimum atomic E-state index is -1.12. The van der Waals surface area contributed by atoms with Gasteiger partial charge in [-0.05, 0) is 57.0 Å². The lowest BCUT2D eigenvalue weighted by molar-refractivity contribution is 0.118. The van der Waals surface area contributed by atoms with Gasteiger partial charge in [0.2, 0.25) is 0 Å². The summed E-state index contributed by atoms with van der Waals surface area (Å²) in [6, 6.07) is 19.8. The molecule has 3 rings (SSSR count). The molecule has 1 heterocycles. The van der Waals surface area contributed by atoms with Gasteiger partial charge in [-0.2, -0.15) is 0 Å². The SMILES string of the molecule is CC(C)(/C=C/C(O)(c1ccccc1)c1ccccc1)N1CCCCC1. The van der Waals surface area contributed by atoms with Crippen LogP contribution in [0.2, 0.25) is 0 Å². The van der Waals surface area contributed by atoms with Crippen molar-refractivity contribution in [3.05, 3.63) is 83.9 Å². The molecule has 0 spiro atoms. The zero-order valence-corrected chi connectivity index (χ0v) is 15.4. The van der Waals surface area contributed by atoms with Crippen molar-refractivity contribution in [3.8, 4) is 0 Å².